The topological polar surface area (TPSA) is 111 Å². The highest BCUT2D eigenvalue weighted by molar-refractivity contribution is 9.15. The third-order valence-corrected chi connectivity index (χ3v) is 20.8. The Balaban J connectivity index is 1.59. The first-order valence-corrected chi connectivity index (χ1v) is 19.4. The van der Waals surface area contributed by atoms with E-state index in [-0.39, 0.29) is 28.4 Å². The molecule has 0 amide bonds. The second kappa shape index (κ2) is 9.07. The molecule has 2 aromatic heterocycles. The van der Waals surface area contributed by atoms with E-state index in [0.29, 0.717) is 13.0 Å². The van der Waals surface area contributed by atoms with Crippen molar-refractivity contribution in [1.29, 1.82) is 0 Å². The number of hydrogen-bond donors (Lipinski definition) is 3. The number of rotatable bonds is 6. The molecule has 32 heavy (non-hydrogen) atoms. The Hall–Kier alpha value is -0.273. The minimum Gasteiger partial charge on any atom is -0.480 e. The van der Waals surface area contributed by atoms with Gasteiger partial charge in [-0.2, -0.15) is 4.98 Å². The van der Waals surface area contributed by atoms with Crippen LogP contribution in [0.25, 0.3) is 11.2 Å². The van der Waals surface area contributed by atoms with Crippen molar-refractivity contribution in [1.82, 2.24) is 19.5 Å². The molecular weight excluding hydrogens is 507 g/mol. The molecule has 2 aliphatic rings. The molecule has 0 saturated carbocycles. The fraction of sp³-hybridized carbons (Fsp3) is 0.722. The van der Waals surface area contributed by atoms with E-state index < -0.39 is 31.2 Å². The van der Waals surface area contributed by atoms with Gasteiger partial charge in [0, 0.05) is 17.9 Å². The van der Waals surface area contributed by atoms with E-state index in [1.807, 2.05) is 0 Å². The Kier molecular flexibility index (Phi) is 7.04. The number of hydrogen-bond acceptors (Lipinski definition) is 10. The zero-order valence-corrected chi connectivity index (χ0v) is 23.2. The molecule has 2 aliphatic heterocycles. The fourth-order valence-electron chi connectivity index (χ4n) is 3.41. The molecule has 0 spiro atoms. The van der Waals surface area contributed by atoms with Gasteiger partial charge in [0.25, 0.3) is 11.6 Å². The Morgan fingerprint density at radius 1 is 1.41 bits per heavy atom. The van der Waals surface area contributed by atoms with E-state index >= 15 is 0 Å². The predicted molar refractivity (Wildman–Crippen MR) is 137 cm³/mol. The van der Waals surface area contributed by atoms with Crippen LogP contribution in [-0.2, 0) is 13.7 Å². The lowest BCUT2D eigenvalue weighted by Gasteiger charge is -2.39. The molecule has 0 unspecified atom stereocenters. The van der Waals surface area contributed by atoms with Crippen molar-refractivity contribution in [2.45, 2.75) is 63.8 Å². The summed E-state index contributed by atoms with van der Waals surface area (Å²) in [6, 6.07) is -0.451. The van der Waals surface area contributed by atoms with Crippen molar-refractivity contribution in [3.8, 4) is 6.01 Å². The SMILES string of the molecule is CC(C)(C)[Si](C)(C)O[C@H]1C[C@H](n2cnc3c(=O)[nH]c(O)nc32)O[C@@H]1CO[P]1(S)SCCS1. The molecule has 2 fully saturated rings. The monoisotopic (exact) mass is 537 g/mol. The predicted octanol–water partition coefficient (Wildman–Crippen LogP) is 4.61. The van der Waals surface area contributed by atoms with E-state index in [9.17, 15) is 9.90 Å². The summed E-state index contributed by atoms with van der Waals surface area (Å²) < 4.78 is 21.1. The zero-order valence-electron chi connectivity index (χ0n) is 18.8. The van der Waals surface area contributed by atoms with Gasteiger partial charge >= 0.3 is 0 Å². The van der Waals surface area contributed by atoms with Gasteiger partial charge in [0.2, 0.25) is 0 Å². The molecule has 4 heterocycles. The maximum absolute atomic E-state index is 12.1. The number of aromatic nitrogens is 4. The number of aromatic hydroxyl groups is 1. The van der Waals surface area contributed by atoms with E-state index in [1.54, 1.807) is 27.3 Å². The molecule has 0 aliphatic carbocycles. The highest BCUT2D eigenvalue weighted by Gasteiger charge is 2.46. The number of H-pyrrole nitrogens is 1. The van der Waals surface area contributed by atoms with Crippen LogP contribution >= 0.6 is 40.1 Å². The molecule has 0 bridgehead atoms. The van der Waals surface area contributed by atoms with Crippen LogP contribution in [0.4, 0.5) is 0 Å². The lowest BCUT2D eigenvalue weighted by atomic mass is 10.2. The fourth-order valence-corrected chi connectivity index (χ4v) is 13.8. The third kappa shape index (κ3) is 5.05. The molecule has 9 nitrogen and oxygen atoms in total. The number of imidazole rings is 1. The summed E-state index contributed by atoms with van der Waals surface area (Å²) in [7, 11) is -2.07. The molecule has 2 N–H and O–H groups in total. The van der Waals surface area contributed by atoms with Crippen LogP contribution in [0.2, 0.25) is 18.1 Å². The van der Waals surface area contributed by atoms with Gasteiger partial charge in [0.05, 0.1) is 19.0 Å². The van der Waals surface area contributed by atoms with Gasteiger partial charge in [-0.25, -0.2) is 4.98 Å². The molecule has 179 valence electrons. The van der Waals surface area contributed by atoms with Crippen molar-refractivity contribution < 1.29 is 18.8 Å². The lowest BCUT2D eigenvalue weighted by Crippen LogP contribution is -2.46. The average Bonchev–Trinajstić information content (AvgIpc) is 3.38. The molecule has 2 aromatic rings. The van der Waals surface area contributed by atoms with E-state index in [4.69, 9.17) is 25.9 Å². The maximum atomic E-state index is 12.1. The van der Waals surface area contributed by atoms with Gasteiger partial charge in [-0.1, -0.05) is 43.5 Å². The van der Waals surface area contributed by atoms with Gasteiger partial charge in [-0.05, 0) is 18.1 Å². The summed E-state index contributed by atoms with van der Waals surface area (Å²) in [5.41, 5.74) is -0.0498. The molecular formula is C18H30N4O5PS3Si. The highest BCUT2D eigenvalue weighted by atomic mass is 33.4. The Morgan fingerprint density at radius 2 is 2.09 bits per heavy atom. The standard InChI is InChI=1S/C18H30N4O5PS3Si/c1-18(2,3)32(4,5)27-11-8-13(26-12(11)9-25-28(29)30-6-7-31-28)22-10-19-14-15(22)20-17(24)21-16(14)23/h10-13,29H,6-9H2,1-5H3,(H2,20,21,23,24)/t11-,12+,13+/m0/s1. The lowest BCUT2D eigenvalue weighted by molar-refractivity contribution is -0.0336. The number of ether oxygens (including phenoxy) is 1. The number of aromatic amines is 1. The van der Waals surface area contributed by atoms with E-state index in [2.05, 4.69) is 48.8 Å². The van der Waals surface area contributed by atoms with Crippen LogP contribution in [0.15, 0.2) is 11.1 Å². The molecule has 0 aromatic carbocycles. The van der Waals surface area contributed by atoms with Gasteiger partial charge in [0.1, 0.15) is 17.4 Å². The highest BCUT2D eigenvalue weighted by Crippen LogP contribution is 2.87. The van der Waals surface area contributed by atoms with E-state index in [0.717, 1.165) is 11.5 Å². The third-order valence-electron chi connectivity index (χ3n) is 6.16. The number of thiol groups is 1. The largest absolute Gasteiger partial charge is 0.480 e. The summed E-state index contributed by atoms with van der Waals surface area (Å²) in [6.45, 7) is 11.5. The number of fused-ring (bicyclic) bond motifs is 1. The van der Waals surface area contributed by atoms with Crippen molar-refractivity contribution >= 4 is 59.6 Å². The Bertz CT molecular complexity index is 1040. The minimum atomic E-state index is -2.07. The van der Waals surface area contributed by atoms with Crippen LogP contribution in [0.3, 0.4) is 0 Å². The summed E-state index contributed by atoms with van der Waals surface area (Å²) >= 11 is 8.38. The van der Waals surface area contributed by atoms with Crippen LogP contribution in [-0.4, -0.2) is 63.3 Å². The zero-order chi connectivity index (χ0) is 23.3. The number of nitrogens with one attached hydrogen (secondary N) is 1. The second-order valence-corrected chi connectivity index (χ2v) is 25.4. The smallest absolute Gasteiger partial charge is 0.296 e. The van der Waals surface area contributed by atoms with Crippen molar-refractivity contribution in [2.75, 3.05) is 18.1 Å². The van der Waals surface area contributed by atoms with Gasteiger partial charge in [0.15, 0.2) is 19.5 Å². The maximum Gasteiger partial charge on any atom is 0.296 e. The van der Waals surface area contributed by atoms with Crippen molar-refractivity contribution in [3.05, 3.63) is 16.7 Å². The Morgan fingerprint density at radius 3 is 2.75 bits per heavy atom. The minimum absolute atomic E-state index is 0.0494. The van der Waals surface area contributed by atoms with Gasteiger partial charge < -0.3 is 18.8 Å². The quantitative estimate of drug-likeness (QED) is 0.276. The van der Waals surface area contributed by atoms with Crippen molar-refractivity contribution in [3.63, 3.8) is 0 Å². The summed E-state index contributed by atoms with van der Waals surface area (Å²) in [6.07, 6.45) is 1.20. The van der Waals surface area contributed by atoms with Gasteiger partial charge in [-0.3, -0.25) is 14.3 Å². The molecule has 2 saturated heterocycles. The van der Waals surface area contributed by atoms with Crippen LogP contribution in [0.1, 0.15) is 33.4 Å². The summed E-state index contributed by atoms with van der Waals surface area (Å²) in [5.74, 6) is 2.09. The second-order valence-electron chi connectivity index (χ2n) is 9.43. The summed E-state index contributed by atoms with van der Waals surface area (Å²) in [5, 5.41) is 8.01. The summed E-state index contributed by atoms with van der Waals surface area (Å²) in [4.78, 5) is 22.6. The van der Waals surface area contributed by atoms with Crippen LogP contribution < -0.4 is 5.56 Å². The first kappa shape index (κ1) is 24.8. The van der Waals surface area contributed by atoms with Crippen molar-refractivity contribution in [2.24, 2.45) is 0 Å². The molecule has 4 rings (SSSR count). The first-order valence-electron chi connectivity index (χ1n) is 10.4. The van der Waals surface area contributed by atoms with Crippen LogP contribution in [0.5, 0.6) is 6.01 Å². The molecule has 14 heteroatoms. The Labute approximate surface area is 202 Å². The average molecular weight is 538 g/mol. The molecule has 1 radical (unpaired) electrons. The number of nitrogens with zero attached hydrogens (tertiary/aromatic N) is 3. The van der Waals surface area contributed by atoms with E-state index in [1.165, 1.54) is 6.33 Å². The first-order chi connectivity index (χ1) is 14.9. The normalized spacial score (nSPS) is 26.2. The molecule has 3 atom stereocenters. The van der Waals surface area contributed by atoms with Gasteiger partial charge in [-0.15, -0.1) is 12.2 Å². The van der Waals surface area contributed by atoms with Crippen LogP contribution in [0, 0.1) is 0 Å².